The predicted octanol–water partition coefficient (Wildman–Crippen LogP) is 0.152. The van der Waals surface area contributed by atoms with Gasteiger partial charge in [0.25, 0.3) is 0 Å². The molecule has 0 atom stereocenters. The highest BCUT2D eigenvalue weighted by molar-refractivity contribution is 8.01. The largest absolute Gasteiger partial charge is 0.465 e. The van der Waals surface area contributed by atoms with Gasteiger partial charge in [-0.2, -0.15) is 0 Å². The average molecular weight is 242 g/mol. The summed E-state index contributed by atoms with van der Waals surface area (Å²) in [6.45, 7) is 0.762. The van der Waals surface area contributed by atoms with Gasteiger partial charge < -0.3 is 4.74 Å². The van der Waals surface area contributed by atoms with Crippen LogP contribution in [0.25, 0.3) is 0 Å². The molecule has 6 heteroatoms. The van der Waals surface area contributed by atoms with Crippen LogP contribution in [-0.4, -0.2) is 34.6 Å². The van der Waals surface area contributed by atoms with Gasteiger partial charge in [0.05, 0.1) is 12.7 Å². The molecule has 1 aliphatic heterocycles. The molecule has 88 valence electrons. The van der Waals surface area contributed by atoms with Crippen LogP contribution in [0.4, 0.5) is 0 Å². The molecule has 0 aliphatic carbocycles. The van der Waals surface area contributed by atoms with E-state index >= 15 is 0 Å². The normalized spacial score (nSPS) is 20.3. The maximum Gasteiger partial charge on any atom is 0.339 e. The van der Waals surface area contributed by atoms with Crippen LogP contribution in [0.15, 0.2) is 23.4 Å². The number of ether oxygens (including phenoxy) is 1. The first-order chi connectivity index (χ1) is 7.65. The summed E-state index contributed by atoms with van der Waals surface area (Å²) in [7, 11) is -1.18. The van der Waals surface area contributed by atoms with Crippen molar-refractivity contribution in [1.29, 1.82) is 0 Å². The maximum absolute atomic E-state index is 12.3. The summed E-state index contributed by atoms with van der Waals surface area (Å²) in [5.41, 5.74) is 0.372. The summed E-state index contributed by atoms with van der Waals surface area (Å²) in [4.78, 5) is 15.3. The third-order valence-corrected chi connectivity index (χ3v) is 5.24. The number of pyridine rings is 1. The number of rotatable bonds is 2. The standard InChI is InChI=1S/C10H14N2O3S/c1-15-10(13)8-3-4-9(11-7-8)16(14)6-2-5-12-16/h3-4,7,16H,2,5-6H2,1H3,(H,12,14). The molecule has 0 bridgehead atoms. The van der Waals surface area contributed by atoms with E-state index < -0.39 is 16.1 Å². The first-order valence-electron chi connectivity index (χ1n) is 5.05. The van der Waals surface area contributed by atoms with E-state index in [-0.39, 0.29) is 0 Å². The molecule has 1 saturated heterocycles. The van der Waals surface area contributed by atoms with Gasteiger partial charge in [0.15, 0.2) is 0 Å². The van der Waals surface area contributed by atoms with Crippen LogP contribution in [0.1, 0.15) is 16.8 Å². The van der Waals surface area contributed by atoms with E-state index in [0.29, 0.717) is 16.3 Å². The summed E-state index contributed by atoms with van der Waals surface area (Å²) in [5.74, 6) is 0.203. The number of carbonyl (C=O) groups excluding carboxylic acids is 1. The van der Waals surface area contributed by atoms with Crippen molar-refractivity contribution in [1.82, 2.24) is 9.71 Å². The van der Waals surface area contributed by atoms with Crippen LogP contribution >= 0.6 is 0 Å². The zero-order valence-electron chi connectivity index (χ0n) is 8.97. The first-order valence-corrected chi connectivity index (χ1v) is 6.94. The molecular formula is C10H14N2O3S. The summed E-state index contributed by atoms with van der Waals surface area (Å²) in [6, 6.07) is 3.22. The second-order valence-electron chi connectivity index (χ2n) is 3.62. The van der Waals surface area contributed by atoms with Crippen LogP contribution in [0, 0.1) is 0 Å². The molecule has 0 aromatic carbocycles. The zero-order valence-corrected chi connectivity index (χ0v) is 9.87. The molecule has 2 heterocycles. The van der Waals surface area contributed by atoms with Crippen molar-refractivity contribution in [3.05, 3.63) is 23.9 Å². The second-order valence-corrected chi connectivity index (χ2v) is 6.32. The summed E-state index contributed by atoms with van der Waals surface area (Å²) < 4.78 is 19.8. The SMILES string of the molecule is COC(=O)c1ccc([SH]2(=O)CCCN2)nc1. The van der Waals surface area contributed by atoms with Crippen molar-refractivity contribution in [2.45, 2.75) is 11.4 Å². The van der Waals surface area contributed by atoms with Gasteiger partial charge in [-0.15, -0.1) is 0 Å². The van der Waals surface area contributed by atoms with E-state index in [2.05, 4.69) is 14.4 Å². The Morgan fingerprint density at radius 1 is 1.56 bits per heavy atom. The van der Waals surface area contributed by atoms with Gasteiger partial charge in [-0.1, -0.05) is 0 Å². The fraction of sp³-hybridized carbons (Fsp3) is 0.400. The second kappa shape index (κ2) is 4.31. The van der Waals surface area contributed by atoms with Crippen molar-refractivity contribution in [3.8, 4) is 0 Å². The van der Waals surface area contributed by atoms with Crippen molar-refractivity contribution in [2.75, 3.05) is 19.4 Å². The van der Waals surface area contributed by atoms with Crippen LogP contribution in [0.3, 0.4) is 0 Å². The molecule has 1 aromatic heterocycles. The summed E-state index contributed by atoms with van der Waals surface area (Å²) in [6.07, 6.45) is 2.30. The van der Waals surface area contributed by atoms with E-state index in [1.54, 1.807) is 12.1 Å². The van der Waals surface area contributed by atoms with Crippen molar-refractivity contribution in [3.63, 3.8) is 0 Å². The zero-order chi connectivity index (χ0) is 11.6. The van der Waals surface area contributed by atoms with E-state index in [1.165, 1.54) is 13.3 Å². The lowest BCUT2D eigenvalue weighted by molar-refractivity contribution is 0.0600. The van der Waals surface area contributed by atoms with Gasteiger partial charge >= 0.3 is 5.97 Å². The van der Waals surface area contributed by atoms with Crippen LogP contribution in [0.5, 0.6) is 0 Å². The minimum absolute atomic E-state index is 0.372. The molecule has 2 rings (SSSR count). The van der Waals surface area contributed by atoms with Crippen molar-refractivity contribution >= 4 is 16.1 Å². The van der Waals surface area contributed by atoms with E-state index in [4.69, 9.17) is 0 Å². The fourth-order valence-electron chi connectivity index (χ4n) is 1.67. The highest BCUT2D eigenvalue weighted by atomic mass is 32.3. The van der Waals surface area contributed by atoms with Gasteiger partial charge in [0.2, 0.25) is 0 Å². The number of methoxy groups -OCH3 is 1. The molecule has 1 fully saturated rings. The lowest BCUT2D eigenvalue weighted by Crippen LogP contribution is -2.27. The molecule has 1 aromatic rings. The van der Waals surface area contributed by atoms with Gasteiger partial charge in [-0.3, -0.25) is 8.93 Å². The van der Waals surface area contributed by atoms with E-state index in [9.17, 15) is 9.00 Å². The molecular weight excluding hydrogens is 228 g/mol. The number of esters is 1. The smallest absolute Gasteiger partial charge is 0.339 e. The highest BCUT2D eigenvalue weighted by Crippen LogP contribution is 2.19. The third-order valence-electron chi connectivity index (χ3n) is 2.56. The quantitative estimate of drug-likeness (QED) is 0.572. The van der Waals surface area contributed by atoms with Gasteiger partial charge in [0, 0.05) is 18.5 Å². The Morgan fingerprint density at radius 3 is 2.88 bits per heavy atom. The van der Waals surface area contributed by atoms with Crippen molar-refractivity contribution in [2.24, 2.45) is 0 Å². The molecule has 5 nitrogen and oxygen atoms in total. The lowest BCUT2D eigenvalue weighted by Gasteiger charge is -2.16. The average Bonchev–Trinajstić information content (AvgIpc) is 2.77. The van der Waals surface area contributed by atoms with E-state index in [0.717, 1.165) is 13.0 Å². The minimum atomic E-state index is -2.49. The van der Waals surface area contributed by atoms with Gasteiger partial charge in [0.1, 0.15) is 5.03 Å². The number of aromatic nitrogens is 1. The van der Waals surface area contributed by atoms with Gasteiger partial charge in [-0.05, 0) is 28.7 Å². The Balaban J connectivity index is 2.25. The number of hydrogen-bond donors (Lipinski definition) is 2. The Hall–Kier alpha value is -1.27. The molecule has 16 heavy (non-hydrogen) atoms. The highest BCUT2D eigenvalue weighted by Gasteiger charge is 2.23. The molecule has 1 aliphatic rings. The maximum atomic E-state index is 12.3. The number of nitrogens with one attached hydrogen (secondary N) is 1. The molecule has 0 saturated carbocycles. The van der Waals surface area contributed by atoms with E-state index in [1.807, 2.05) is 0 Å². The fourth-order valence-corrected chi connectivity index (χ4v) is 3.91. The van der Waals surface area contributed by atoms with Crippen LogP contribution in [0.2, 0.25) is 0 Å². The number of hydrogen-bond acceptors (Lipinski definition) is 4. The van der Waals surface area contributed by atoms with Crippen LogP contribution < -0.4 is 4.72 Å². The lowest BCUT2D eigenvalue weighted by atomic mass is 10.3. The summed E-state index contributed by atoms with van der Waals surface area (Å²) >= 11 is 0. The number of nitrogens with zero attached hydrogens (tertiary/aromatic N) is 1. The van der Waals surface area contributed by atoms with Crippen molar-refractivity contribution < 1.29 is 13.7 Å². The Morgan fingerprint density at radius 2 is 2.38 bits per heavy atom. The first kappa shape index (κ1) is 11.2. The molecule has 0 amide bonds. The molecule has 0 unspecified atom stereocenters. The Bertz CT molecular complexity index is 434. The molecule has 1 N–H and O–H groups in total. The molecule has 0 spiro atoms. The molecule has 0 radical (unpaired) electrons. The monoisotopic (exact) mass is 242 g/mol. The minimum Gasteiger partial charge on any atom is -0.465 e. The Labute approximate surface area is 94.8 Å². The third kappa shape index (κ3) is 1.98. The topological polar surface area (TPSA) is 68.3 Å². The Kier molecular flexibility index (Phi) is 3.02. The van der Waals surface area contributed by atoms with Crippen LogP contribution in [-0.2, 0) is 14.9 Å². The number of thiol groups is 1. The summed E-state index contributed by atoms with van der Waals surface area (Å²) in [5, 5.41) is 0.539. The van der Waals surface area contributed by atoms with Gasteiger partial charge in [-0.25, -0.2) is 9.78 Å². The predicted molar refractivity (Wildman–Crippen MR) is 60.9 cm³/mol. The number of carbonyl (C=O) groups is 1.